The summed E-state index contributed by atoms with van der Waals surface area (Å²) in [6.45, 7) is 3.02. The quantitative estimate of drug-likeness (QED) is 0.113. The number of nitrogens with zero attached hydrogens (tertiary/aromatic N) is 1. The van der Waals surface area contributed by atoms with Crippen molar-refractivity contribution < 1.29 is 9.47 Å². The van der Waals surface area contributed by atoms with Crippen LogP contribution in [0.1, 0.15) is 47.6 Å². The third kappa shape index (κ3) is 5.84. The highest BCUT2D eigenvalue weighted by molar-refractivity contribution is 14.1. The van der Waals surface area contributed by atoms with E-state index in [-0.39, 0.29) is 6.04 Å². The molecule has 6 heteroatoms. The average molecular weight is 705 g/mol. The van der Waals surface area contributed by atoms with Crippen LogP contribution in [-0.2, 0) is 6.61 Å². The molecule has 0 aromatic heterocycles. The number of ether oxygens (including phenoxy) is 2. The van der Waals surface area contributed by atoms with Crippen molar-refractivity contribution in [1.82, 2.24) is 0 Å². The Balaban J connectivity index is 1.17. The fraction of sp³-hybridized carbons (Fsp3) is 0.206. The van der Waals surface area contributed by atoms with Gasteiger partial charge >= 0.3 is 0 Å². The van der Waals surface area contributed by atoms with Crippen molar-refractivity contribution in [2.75, 3.05) is 11.9 Å². The van der Waals surface area contributed by atoms with Crippen LogP contribution in [0.15, 0.2) is 107 Å². The van der Waals surface area contributed by atoms with Gasteiger partial charge in [0.1, 0.15) is 6.61 Å². The molecule has 3 atom stereocenters. The van der Waals surface area contributed by atoms with Crippen LogP contribution in [0.3, 0.4) is 0 Å². The first kappa shape index (κ1) is 27.1. The summed E-state index contributed by atoms with van der Waals surface area (Å²) in [5.74, 6) is 2.50. The zero-order valence-electron chi connectivity index (χ0n) is 22.2. The molecular weight excluding hydrogens is 675 g/mol. The number of allylic oxidation sites excluding steroid dienone is 2. The lowest BCUT2D eigenvalue weighted by molar-refractivity contribution is 0.267. The lowest BCUT2D eigenvalue weighted by Gasteiger charge is -2.37. The molecule has 4 aromatic carbocycles. The first-order chi connectivity index (χ1) is 19.6. The molecule has 0 spiro atoms. The first-order valence-corrected chi connectivity index (χ1v) is 15.5. The minimum absolute atomic E-state index is 0.285. The lowest BCUT2D eigenvalue weighted by Crippen LogP contribution is -2.28. The van der Waals surface area contributed by atoms with Crippen LogP contribution in [0, 0.1) is 9.49 Å². The molecule has 4 aromatic rings. The maximum atomic E-state index is 6.18. The number of anilines is 1. The minimum atomic E-state index is 0.285. The average Bonchev–Trinajstić information content (AvgIpc) is 3.47. The summed E-state index contributed by atoms with van der Waals surface area (Å²) in [4.78, 5) is 4.78. The smallest absolute Gasteiger partial charge is 0.175 e. The standard InChI is InChI=1S/C34H30BrIN2O2/c1-2-39-32-19-23(18-30(36)34(32)40-21-22-10-14-25(35)15-11-22)20-37-26-16-12-24(13-17-26)33-29-8-5-7-27(29)28-6-3-4-9-31(28)38-33/h3-7,9-20,27,29,33,38H,2,8,21H2,1H3/t27-,29+,33-/m0/s1. The SMILES string of the molecule is CCOc1cc(C=Nc2ccc([C@@H]3Nc4ccccc4[C@@H]4C=CC[C@H]43)cc2)cc(I)c1OCc1ccc(Br)cc1. The monoisotopic (exact) mass is 704 g/mol. The van der Waals surface area contributed by atoms with E-state index in [1.165, 1.54) is 16.8 Å². The van der Waals surface area contributed by atoms with Crippen LogP contribution in [0.4, 0.5) is 11.4 Å². The Morgan fingerprint density at radius 3 is 2.60 bits per heavy atom. The molecule has 1 aliphatic carbocycles. The number of hydrogen-bond acceptors (Lipinski definition) is 4. The number of fused-ring (bicyclic) bond motifs is 3. The van der Waals surface area contributed by atoms with Crippen LogP contribution < -0.4 is 14.8 Å². The Kier molecular flexibility index (Phi) is 8.25. The zero-order chi connectivity index (χ0) is 27.5. The summed E-state index contributed by atoms with van der Waals surface area (Å²) >= 11 is 5.79. The van der Waals surface area contributed by atoms with Crippen molar-refractivity contribution in [1.29, 1.82) is 0 Å². The second-order valence-electron chi connectivity index (χ2n) is 10.1. The number of nitrogens with one attached hydrogen (secondary N) is 1. The number of halogens is 2. The van der Waals surface area contributed by atoms with E-state index in [4.69, 9.17) is 14.5 Å². The van der Waals surface area contributed by atoms with Gasteiger partial charge in [-0.2, -0.15) is 0 Å². The van der Waals surface area contributed by atoms with Gasteiger partial charge in [-0.1, -0.05) is 70.5 Å². The molecule has 0 unspecified atom stereocenters. The van der Waals surface area contributed by atoms with Crippen molar-refractivity contribution in [2.45, 2.75) is 31.9 Å². The molecule has 40 heavy (non-hydrogen) atoms. The summed E-state index contributed by atoms with van der Waals surface area (Å²) < 4.78 is 14.2. The summed E-state index contributed by atoms with van der Waals surface area (Å²) in [7, 11) is 0. The van der Waals surface area contributed by atoms with E-state index in [9.17, 15) is 0 Å². The lowest BCUT2D eigenvalue weighted by atomic mass is 9.77. The molecule has 2 aliphatic rings. The normalized spacial score (nSPS) is 19.2. The molecular formula is C34H30BrIN2O2. The van der Waals surface area contributed by atoms with E-state index in [2.05, 4.69) is 123 Å². The van der Waals surface area contributed by atoms with Gasteiger partial charge in [-0.05, 0) is 107 Å². The molecule has 6 rings (SSSR count). The Morgan fingerprint density at radius 1 is 1.00 bits per heavy atom. The van der Waals surface area contributed by atoms with Crippen molar-refractivity contribution >= 4 is 56.1 Å². The zero-order valence-corrected chi connectivity index (χ0v) is 25.9. The molecule has 1 aliphatic heterocycles. The van der Waals surface area contributed by atoms with Gasteiger partial charge in [0.15, 0.2) is 11.5 Å². The molecule has 4 nitrogen and oxygen atoms in total. The maximum absolute atomic E-state index is 6.18. The molecule has 0 bridgehead atoms. The highest BCUT2D eigenvalue weighted by atomic mass is 127. The molecule has 0 saturated heterocycles. The Bertz CT molecular complexity index is 1550. The fourth-order valence-corrected chi connectivity index (χ4v) is 6.64. The third-order valence-electron chi connectivity index (χ3n) is 7.52. The summed E-state index contributed by atoms with van der Waals surface area (Å²) in [5, 5.41) is 3.81. The molecule has 1 N–H and O–H groups in total. The van der Waals surface area contributed by atoms with E-state index < -0.39 is 0 Å². The molecule has 202 valence electrons. The van der Waals surface area contributed by atoms with Crippen LogP contribution in [-0.4, -0.2) is 12.8 Å². The second-order valence-corrected chi connectivity index (χ2v) is 12.2. The summed E-state index contributed by atoms with van der Waals surface area (Å²) in [5.41, 5.74) is 6.94. The molecule has 0 saturated carbocycles. The number of rotatable bonds is 8. The van der Waals surface area contributed by atoms with Crippen LogP contribution in [0.5, 0.6) is 11.5 Å². The van der Waals surface area contributed by atoms with Gasteiger partial charge in [-0.15, -0.1) is 0 Å². The van der Waals surface area contributed by atoms with Crippen LogP contribution >= 0.6 is 38.5 Å². The first-order valence-electron chi connectivity index (χ1n) is 13.6. The largest absolute Gasteiger partial charge is 0.490 e. The van der Waals surface area contributed by atoms with Gasteiger partial charge in [-0.3, -0.25) is 4.99 Å². The van der Waals surface area contributed by atoms with Gasteiger partial charge in [0.2, 0.25) is 0 Å². The van der Waals surface area contributed by atoms with Gasteiger partial charge in [0, 0.05) is 22.3 Å². The van der Waals surface area contributed by atoms with Crippen molar-refractivity contribution in [3.8, 4) is 11.5 Å². The highest BCUT2D eigenvalue weighted by Gasteiger charge is 2.37. The maximum Gasteiger partial charge on any atom is 0.175 e. The summed E-state index contributed by atoms with van der Waals surface area (Å²) in [6.07, 6.45) is 7.70. The van der Waals surface area contributed by atoms with E-state index in [0.717, 1.165) is 42.8 Å². The van der Waals surface area contributed by atoms with E-state index >= 15 is 0 Å². The summed E-state index contributed by atoms with van der Waals surface area (Å²) in [6, 6.07) is 29.8. The predicted molar refractivity (Wildman–Crippen MR) is 175 cm³/mol. The second kappa shape index (κ2) is 12.2. The number of para-hydroxylation sites is 1. The Labute approximate surface area is 257 Å². The number of hydrogen-bond donors (Lipinski definition) is 1. The Morgan fingerprint density at radius 2 is 1.80 bits per heavy atom. The predicted octanol–water partition coefficient (Wildman–Crippen LogP) is 9.61. The van der Waals surface area contributed by atoms with Gasteiger partial charge in [-0.25, -0.2) is 0 Å². The molecule has 0 amide bonds. The van der Waals surface area contributed by atoms with E-state index in [1.54, 1.807) is 0 Å². The topological polar surface area (TPSA) is 42.8 Å². The van der Waals surface area contributed by atoms with Gasteiger partial charge in [0.05, 0.1) is 21.9 Å². The number of benzene rings is 4. The number of aliphatic imine (C=N–C) groups is 1. The van der Waals surface area contributed by atoms with Gasteiger partial charge in [0.25, 0.3) is 0 Å². The van der Waals surface area contributed by atoms with Crippen molar-refractivity contribution in [3.63, 3.8) is 0 Å². The van der Waals surface area contributed by atoms with Crippen molar-refractivity contribution in [3.05, 3.63) is 127 Å². The molecule has 1 heterocycles. The fourth-order valence-electron chi connectivity index (χ4n) is 5.59. The highest BCUT2D eigenvalue weighted by Crippen LogP contribution is 2.49. The van der Waals surface area contributed by atoms with Crippen LogP contribution in [0.25, 0.3) is 0 Å². The van der Waals surface area contributed by atoms with E-state index in [0.29, 0.717) is 25.0 Å². The Hall–Kier alpha value is -3.10. The molecule has 0 fully saturated rings. The van der Waals surface area contributed by atoms with E-state index in [1.807, 2.05) is 31.3 Å². The third-order valence-corrected chi connectivity index (χ3v) is 8.84. The minimum Gasteiger partial charge on any atom is -0.490 e. The molecule has 0 radical (unpaired) electrons. The van der Waals surface area contributed by atoms with Gasteiger partial charge < -0.3 is 14.8 Å². The van der Waals surface area contributed by atoms with Crippen molar-refractivity contribution in [2.24, 2.45) is 10.9 Å². The van der Waals surface area contributed by atoms with Crippen LogP contribution in [0.2, 0.25) is 0 Å².